The first-order valence-corrected chi connectivity index (χ1v) is 7.29. The lowest BCUT2D eigenvalue weighted by Gasteiger charge is -2.45. The Labute approximate surface area is 122 Å². The second-order valence-electron chi connectivity index (χ2n) is 6.90. The monoisotopic (exact) mass is 270 g/mol. The second-order valence-corrected chi connectivity index (χ2v) is 6.90. The van der Waals surface area contributed by atoms with Crippen LogP contribution in [0.3, 0.4) is 0 Å². The molecule has 0 bridgehead atoms. The molecule has 0 aromatic carbocycles. The maximum atomic E-state index is 5.97. The van der Waals surface area contributed by atoms with Crippen LogP contribution < -0.4 is 0 Å². The van der Waals surface area contributed by atoms with E-state index >= 15 is 0 Å². The SMILES string of the molecule is CO[N+]1(C)C2=C(C)CC(C)(C)C=C2C=C2C=CC=CC21. The molecule has 1 heterocycles. The van der Waals surface area contributed by atoms with E-state index < -0.39 is 0 Å². The first kappa shape index (κ1) is 13.6. The van der Waals surface area contributed by atoms with Gasteiger partial charge in [0.05, 0.1) is 7.11 Å². The van der Waals surface area contributed by atoms with E-state index in [4.69, 9.17) is 4.84 Å². The van der Waals surface area contributed by atoms with Crippen LogP contribution in [-0.2, 0) is 4.84 Å². The van der Waals surface area contributed by atoms with Crippen molar-refractivity contribution in [1.29, 1.82) is 0 Å². The number of rotatable bonds is 1. The summed E-state index contributed by atoms with van der Waals surface area (Å²) in [7, 11) is 3.99. The van der Waals surface area contributed by atoms with Crippen molar-refractivity contribution in [2.75, 3.05) is 14.2 Å². The topological polar surface area (TPSA) is 9.23 Å². The van der Waals surface area contributed by atoms with Crippen LogP contribution in [0, 0.1) is 5.41 Å². The van der Waals surface area contributed by atoms with Gasteiger partial charge < -0.3 is 0 Å². The lowest BCUT2D eigenvalue weighted by Crippen LogP contribution is -2.54. The Morgan fingerprint density at radius 1 is 1.30 bits per heavy atom. The highest BCUT2D eigenvalue weighted by Gasteiger charge is 2.47. The number of allylic oxidation sites excluding steroid dienone is 5. The van der Waals surface area contributed by atoms with Crippen LogP contribution in [0.4, 0.5) is 0 Å². The molecule has 0 N–H and O–H groups in total. The Morgan fingerprint density at radius 2 is 2.05 bits per heavy atom. The Kier molecular flexibility index (Phi) is 2.93. The van der Waals surface area contributed by atoms with Gasteiger partial charge in [-0.3, -0.25) is 0 Å². The summed E-state index contributed by atoms with van der Waals surface area (Å²) in [6, 6.07) is 0.258. The summed E-state index contributed by atoms with van der Waals surface area (Å²) >= 11 is 0. The number of nitrogens with zero attached hydrogens (tertiary/aromatic N) is 1. The van der Waals surface area contributed by atoms with Gasteiger partial charge in [-0.25, -0.2) is 4.84 Å². The maximum Gasteiger partial charge on any atom is 0.171 e. The molecule has 0 radical (unpaired) electrons. The number of quaternary nitrogens is 1. The molecular formula is C18H24NO+. The van der Waals surface area contributed by atoms with Crippen LogP contribution in [0.15, 0.2) is 58.9 Å². The van der Waals surface area contributed by atoms with Crippen molar-refractivity contribution in [2.45, 2.75) is 33.2 Å². The van der Waals surface area contributed by atoms with Gasteiger partial charge in [0.2, 0.25) is 0 Å². The number of fused-ring (bicyclic) bond motifs is 2. The fourth-order valence-corrected chi connectivity index (χ4v) is 3.95. The largest absolute Gasteiger partial charge is 0.200 e. The molecule has 2 nitrogen and oxygen atoms in total. The lowest BCUT2D eigenvalue weighted by atomic mass is 9.75. The van der Waals surface area contributed by atoms with Gasteiger partial charge in [0.25, 0.3) is 0 Å². The molecule has 0 amide bonds. The number of hydrogen-bond acceptors (Lipinski definition) is 1. The molecule has 3 rings (SSSR count). The van der Waals surface area contributed by atoms with E-state index in [1.807, 2.05) is 7.11 Å². The van der Waals surface area contributed by atoms with E-state index in [1.54, 1.807) is 0 Å². The maximum absolute atomic E-state index is 5.97. The van der Waals surface area contributed by atoms with Crippen molar-refractivity contribution in [3.05, 3.63) is 58.9 Å². The summed E-state index contributed by atoms with van der Waals surface area (Å²) < 4.78 is 0.514. The predicted molar refractivity (Wildman–Crippen MR) is 82.5 cm³/mol. The molecule has 0 aromatic rings. The first-order chi connectivity index (χ1) is 9.37. The summed E-state index contributed by atoms with van der Waals surface area (Å²) in [5.74, 6) is 0. The van der Waals surface area contributed by atoms with E-state index in [-0.39, 0.29) is 11.5 Å². The van der Waals surface area contributed by atoms with Crippen LogP contribution in [0.25, 0.3) is 0 Å². The van der Waals surface area contributed by atoms with Crippen molar-refractivity contribution < 1.29 is 9.48 Å². The normalized spacial score (nSPS) is 34.4. The third-order valence-corrected chi connectivity index (χ3v) is 4.66. The summed E-state index contributed by atoms with van der Waals surface area (Å²) in [6.45, 7) is 6.86. The summed E-state index contributed by atoms with van der Waals surface area (Å²) in [5.41, 5.74) is 5.65. The van der Waals surface area contributed by atoms with Crippen LogP contribution in [0.5, 0.6) is 0 Å². The second kappa shape index (κ2) is 4.31. The van der Waals surface area contributed by atoms with Crippen molar-refractivity contribution in [2.24, 2.45) is 5.41 Å². The van der Waals surface area contributed by atoms with E-state index in [1.165, 1.54) is 22.4 Å². The van der Waals surface area contributed by atoms with Gasteiger partial charge in [0, 0.05) is 11.1 Å². The zero-order valence-electron chi connectivity index (χ0n) is 13.1. The van der Waals surface area contributed by atoms with Gasteiger partial charge in [-0.15, -0.1) is 4.65 Å². The van der Waals surface area contributed by atoms with E-state index in [2.05, 4.69) is 64.3 Å². The quantitative estimate of drug-likeness (QED) is 0.653. The van der Waals surface area contributed by atoms with E-state index in [9.17, 15) is 0 Å². The first-order valence-electron chi connectivity index (χ1n) is 7.29. The summed E-state index contributed by atoms with van der Waals surface area (Å²) in [6.07, 6.45) is 14.5. The number of likely N-dealkylation sites (N-methyl/N-ethyl adjacent to an activating group) is 1. The predicted octanol–water partition coefficient (Wildman–Crippen LogP) is 4.06. The molecule has 20 heavy (non-hydrogen) atoms. The van der Waals surface area contributed by atoms with Crippen molar-refractivity contribution in [1.82, 2.24) is 0 Å². The highest BCUT2D eigenvalue weighted by atomic mass is 16.7. The molecule has 0 spiro atoms. The number of hydrogen-bond donors (Lipinski definition) is 0. The molecule has 0 aromatic heterocycles. The molecule has 2 heteroatoms. The fourth-order valence-electron chi connectivity index (χ4n) is 3.95. The molecule has 0 saturated heterocycles. The minimum absolute atomic E-state index is 0.222. The van der Waals surface area contributed by atoms with Crippen LogP contribution in [0.2, 0.25) is 0 Å². The third kappa shape index (κ3) is 1.87. The Morgan fingerprint density at radius 3 is 2.75 bits per heavy atom. The van der Waals surface area contributed by atoms with Gasteiger partial charge in [-0.1, -0.05) is 38.2 Å². The summed E-state index contributed by atoms with van der Waals surface area (Å²) in [5, 5.41) is 0. The minimum atomic E-state index is 0.222. The number of hydroxylamine groups is 3. The average Bonchev–Trinajstić information content (AvgIpc) is 2.36. The molecule has 1 aliphatic heterocycles. The minimum Gasteiger partial charge on any atom is -0.200 e. The van der Waals surface area contributed by atoms with Gasteiger partial charge in [0.15, 0.2) is 11.7 Å². The standard InChI is InChI=1S/C18H24NO/c1-13-11-18(2,3)12-15-10-14-8-6-7-9-16(14)19(4,20-5)17(13)15/h6-10,12,16H,11H2,1-5H3/q+1. The average molecular weight is 270 g/mol. The lowest BCUT2D eigenvalue weighted by molar-refractivity contribution is -1.07. The smallest absolute Gasteiger partial charge is 0.171 e. The fraction of sp³-hybridized carbons (Fsp3) is 0.444. The highest BCUT2D eigenvalue weighted by molar-refractivity contribution is 5.52. The van der Waals surface area contributed by atoms with E-state index in [0.29, 0.717) is 4.65 Å². The van der Waals surface area contributed by atoms with Gasteiger partial charge in [0.1, 0.15) is 7.05 Å². The molecule has 2 atom stereocenters. The third-order valence-electron chi connectivity index (χ3n) is 4.66. The van der Waals surface area contributed by atoms with Crippen LogP contribution in [0.1, 0.15) is 27.2 Å². The van der Waals surface area contributed by atoms with Crippen molar-refractivity contribution in [3.63, 3.8) is 0 Å². The zero-order valence-corrected chi connectivity index (χ0v) is 13.1. The molecule has 0 saturated carbocycles. The van der Waals surface area contributed by atoms with Crippen LogP contribution >= 0.6 is 0 Å². The Bertz CT molecular complexity index is 601. The summed E-state index contributed by atoms with van der Waals surface area (Å²) in [4.78, 5) is 5.97. The highest BCUT2D eigenvalue weighted by Crippen LogP contribution is 2.46. The Hall–Kier alpha value is -1.38. The molecule has 0 fully saturated rings. The van der Waals surface area contributed by atoms with Crippen LogP contribution in [-0.4, -0.2) is 24.8 Å². The molecule has 2 unspecified atom stereocenters. The molecule has 106 valence electrons. The van der Waals surface area contributed by atoms with Crippen molar-refractivity contribution >= 4 is 0 Å². The van der Waals surface area contributed by atoms with E-state index in [0.717, 1.165) is 6.42 Å². The Balaban J connectivity index is 2.24. The van der Waals surface area contributed by atoms with Gasteiger partial charge >= 0.3 is 0 Å². The van der Waals surface area contributed by atoms with Gasteiger partial charge in [-0.05, 0) is 36.5 Å². The van der Waals surface area contributed by atoms with Gasteiger partial charge in [-0.2, -0.15) is 0 Å². The van der Waals surface area contributed by atoms with Crippen molar-refractivity contribution in [3.8, 4) is 0 Å². The molecule has 3 aliphatic rings. The molecular weight excluding hydrogens is 246 g/mol. The molecule has 2 aliphatic carbocycles. The zero-order chi connectivity index (χ0) is 14.5.